The SMILES string of the molecule is C=Cc1cc(C(=O)OC)ccc1N.CC. The first kappa shape index (κ1) is 13.2. The molecule has 15 heavy (non-hydrogen) atoms. The molecule has 0 saturated heterocycles. The van der Waals surface area contributed by atoms with Crippen molar-refractivity contribution in [2.45, 2.75) is 13.8 Å². The van der Waals surface area contributed by atoms with E-state index in [0.717, 1.165) is 5.56 Å². The first-order chi connectivity index (χ1) is 7.19. The molecule has 2 N–H and O–H groups in total. The molecule has 0 fully saturated rings. The van der Waals surface area contributed by atoms with Crippen molar-refractivity contribution in [1.82, 2.24) is 0 Å². The van der Waals surface area contributed by atoms with Crippen molar-refractivity contribution in [1.29, 1.82) is 0 Å². The molecular formula is C12H17NO2. The van der Waals surface area contributed by atoms with Gasteiger partial charge in [0.1, 0.15) is 0 Å². The highest BCUT2D eigenvalue weighted by molar-refractivity contribution is 5.91. The third-order valence-corrected chi connectivity index (χ3v) is 1.73. The van der Waals surface area contributed by atoms with E-state index in [1.807, 2.05) is 13.8 Å². The van der Waals surface area contributed by atoms with Crippen LogP contribution in [0.15, 0.2) is 24.8 Å². The fraction of sp³-hybridized carbons (Fsp3) is 0.250. The van der Waals surface area contributed by atoms with E-state index in [4.69, 9.17) is 5.73 Å². The molecule has 0 unspecified atom stereocenters. The van der Waals surface area contributed by atoms with Gasteiger partial charge >= 0.3 is 5.97 Å². The fourth-order valence-corrected chi connectivity index (χ4v) is 0.996. The minimum absolute atomic E-state index is 0.372. The van der Waals surface area contributed by atoms with E-state index >= 15 is 0 Å². The van der Waals surface area contributed by atoms with Crippen molar-refractivity contribution in [3.8, 4) is 0 Å². The number of carbonyl (C=O) groups is 1. The van der Waals surface area contributed by atoms with Gasteiger partial charge in [-0.1, -0.05) is 26.5 Å². The summed E-state index contributed by atoms with van der Waals surface area (Å²) in [6, 6.07) is 4.92. The normalized spacial score (nSPS) is 8.47. The molecule has 1 aromatic carbocycles. The summed E-state index contributed by atoms with van der Waals surface area (Å²) < 4.78 is 4.56. The number of benzene rings is 1. The lowest BCUT2D eigenvalue weighted by molar-refractivity contribution is 0.0601. The fourth-order valence-electron chi connectivity index (χ4n) is 0.996. The van der Waals surface area contributed by atoms with Crippen molar-refractivity contribution < 1.29 is 9.53 Å². The summed E-state index contributed by atoms with van der Waals surface area (Å²) in [5.74, 6) is -0.372. The van der Waals surface area contributed by atoms with Crippen LogP contribution in [0.2, 0.25) is 0 Å². The number of anilines is 1. The average Bonchev–Trinajstić information content (AvgIpc) is 2.31. The quantitative estimate of drug-likeness (QED) is 0.599. The Morgan fingerprint density at radius 3 is 2.53 bits per heavy atom. The van der Waals surface area contributed by atoms with Crippen LogP contribution in [-0.4, -0.2) is 13.1 Å². The van der Waals surface area contributed by atoms with Gasteiger partial charge in [0.2, 0.25) is 0 Å². The maximum atomic E-state index is 11.1. The lowest BCUT2D eigenvalue weighted by atomic mass is 10.1. The van der Waals surface area contributed by atoms with Crippen LogP contribution in [0.5, 0.6) is 0 Å². The van der Waals surface area contributed by atoms with Gasteiger partial charge in [-0.15, -0.1) is 0 Å². The van der Waals surface area contributed by atoms with E-state index in [2.05, 4.69) is 11.3 Å². The second-order valence-electron chi connectivity index (χ2n) is 2.54. The van der Waals surface area contributed by atoms with Crippen LogP contribution in [0.3, 0.4) is 0 Å². The highest BCUT2D eigenvalue weighted by Gasteiger charge is 2.05. The molecule has 0 radical (unpaired) electrons. The Hall–Kier alpha value is -1.77. The lowest BCUT2D eigenvalue weighted by Crippen LogP contribution is -2.02. The predicted molar refractivity (Wildman–Crippen MR) is 63.6 cm³/mol. The van der Waals surface area contributed by atoms with E-state index in [1.165, 1.54) is 7.11 Å². The van der Waals surface area contributed by atoms with Gasteiger partial charge < -0.3 is 10.5 Å². The molecule has 0 aromatic heterocycles. The molecular weight excluding hydrogens is 190 g/mol. The van der Waals surface area contributed by atoms with Gasteiger partial charge in [-0.05, 0) is 23.8 Å². The minimum Gasteiger partial charge on any atom is -0.465 e. The summed E-state index contributed by atoms with van der Waals surface area (Å²) in [6.07, 6.45) is 1.60. The van der Waals surface area contributed by atoms with Crippen LogP contribution < -0.4 is 5.73 Å². The van der Waals surface area contributed by atoms with E-state index < -0.39 is 0 Å². The van der Waals surface area contributed by atoms with Crippen LogP contribution in [-0.2, 0) is 4.74 Å². The summed E-state index contributed by atoms with van der Waals surface area (Å²) in [5, 5.41) is 0. The zero-order chi connectivity index (χ0) is 11.8. The molecule has 82 valence electrons. The summed E-state index contributed by atoms with van der Waals surface area (Å²) in [4.78, 5) is 11.1. The van der Waals surface area contributed by atoms with Crippen LogP contribution in [0.1, 0.15) is 29.8 Å². The predicted octanol–water partition coefficient (Wildman–Crippen LogP) is 2.72. The summed E-state index contributed by atoms with van der Waals surface area (Å²) >= 11 is 0. The third kappa shape index (κ3) is 3.46. The molecule has 0 bridgehead atoms. The van der Waals surface area contributed by atoms with Gasteiger partial charge in [0.05, 0.1) is 12.7 Å². The van der Waals surface area contributed by atoms with Crippen molar-refractivity contribution in [3.63, 3.8) is 0 Å². The first-order valence-corrected chi connectivity index (χ1v) is 4.79. The molecule has 0 atom stereocenters. The number of hydrogen-bond acceptors (Lipinski definition) is 3. The van der Waals surface area contributed by atoms with Crippen molar-refractivity contribution in [2.24, 2.45) is 0 Å². The molecule has 3 heteroatoms. The smallest absolute Gasteiger partial charge is 0.337 e. The maximum Gasteiger partial charge on any atom is 0.337 e. The lowest BCUT2D eigenvalue weighted by Gasteiger charge is -2.03. The molecule has 3 nitrogen and oxygen atoms in total. The largest absolute Gasteiger partial charge is 0.465 e. The number of rotatable bonds is 2. The number of nitrogens with two attached hydrogens (primary N) is 1. The third-order valence-electron chi connectivity index (χ3n) is 1.73. The summed E-state index contributed by atoms with van der Waals surface area (Å²) in [7, 11) is 1.34. The van der Waals surface area contributed by atoms with Crippen molar-refractivity contribution >= 4 is 17.7 Å². The van der Waals surface area contributed by atoms with Crippen LogP contribution in [0.4, 0.5) is 5.69 Å². The number of esters is 1. The first-order valence-electron chi connectivity index (χ1n) is 4.79. The Morgan fingerprint density at radius 2 is 2.07 bits per heavy atom. The van der Waals surface area contributed by atoms with E-state index in [9.17, 15) is 4.79 Å². The van der Waals surface area contributed by atoms with Gasteiger partial charge in [0.15, 0.2) is 0 Å². The molecule has 1 aromatic rings. The van der Waals surface area contributed by atoms with Gasteiger partial charge in [0.25, 0.3) is 0 Å². The highest BCUT2D eigenvalue weighted by Crippen LogP contribution is 2.15. The number of methoxy groups -OCH3 is 1. The van der Waals surface area contributed by atoms with Crippen molar-refractivity contribution in [3.05, 3.63) is 35.9 Å². The topological polar surface area (TPSA) is 52.3 Å². The second-order valence-corrected chi connectivity index (χ2v) is 2.54. The van der Waals surface area contributed by atoms with Crippen molar-refractivity contribution in [2.75, 3.05) is 12.8 Å². The summed E-state index contributed by atoms with van der Waals surface area (Å²) in [5.41, 5.74) is 7.44. The molecule has 0 aliphatic rings. The monoisotopic (exact) mass is 207 g/mol. The van der Waals surface area contributed by atoms with Gasteiger partial charge in [-0.25, -0.2) is 4.79 Å². The molecule has 0 saturated carbocycles. The Morgan fingerprint density at radius 1 is 1.47 bits per heavy atom. The number of nitrogen functional groups attached to an aromatic ring is 1. The average molecular weight is 207 g/mol. The van der Waals surface area contributed by atoms with Gasteiger partial charge in [-0.3, -0.25) is 0 Å². The Labute approximate surface area is 90.6 Å². The molecule has 0 aliphatic carbocycles. The van der Waals surface area contributed by atoms with E-state index in [-0.39, 0.29) is 5.97 Å². The number of carbonyl (C=O) groups excluding carboxylic acids is 1. The van der Waals surface area contributed by atoms with Crippen LogP contribution >= 0.6 is 0 Å². The van der Waals surface area contributed by atoms with Crippen LogP contribution in [0, 0.1) is 0 Å². The molecule has 0 heterocycles. The van der Waals surface area contributed by atoms with Gasteiger partial charge in [0, 0.05) is 5.69 Å². The zero-order valence-corrected chi connectivity index (χ0v) is 9.41. The maximum absolute atomic E-state index is 11.1. The standard InChI is InChI=1S/C10H11NO2.C2H6/c1-3-7-6-8(10(12)13-2)4-5-9(7)11;1-2/h3-6H,1,11H2,2H3;1-2H3. The van der Waals surface area contributed by atoms with Crippen LogP contribution in [0.25, 0.3) is 6.08 Å². The Kier molecular flexibility index (Phi) is 5.86. The molecule has 0 spiro atoms. The minimum atomic E-state index is -0.372. The number of ether oxygens (including phenoxy) is 1. The molecule has 0 amide bonds. The highest BCUT2D eigenvalue weighted by atomic mass is 16.5. The van der Waals surface area contributed by atoms with Gasteiger partial charge in [-0.2, -0.15) is 0 Å². The number of hydrogen-bond donors (Lipinski definition) is 1. The summed E-state index contributed by atoms with van der Waals surface area (Å²) in [6.45, 7) is 7.59. The second kappa shape index (κ2) is 6.65. The molecule has 1 rings (SSSR count). The van der Waals surface area contributed by atoms with E-state index in [1.54, 1.807) is 24.3 Å². The Bertz CT molecular complexity index is 345. The van der Waals surface area contributed by atoms with E-state index in [0.29, 0.717) is 11.3 Å². The zero-order valence-electron chi connectivity index (χ0n) is 9.41. The molecule has 0 aliphatic heterocycles. The Balaban J connectivity index is 0.000000921.